The van der Waals surface area contributed by atoms with E-state index in [0.29, 0.717) is 0 Å². The first-order chi connectivity index (χ1) is 6.46. The van der Waals surface area contributed by atoms with Crippen LogP contribution in [0.15, 0.2) is 16.7 Å². The molecule has 4 heteroatoms. The van der Waals surface area contributed by atoms with Crippen LogP contribution in [0.2, 0.25) is 0 Å². The average molecular weight is 262 g/mol. The van der Waals surface area contributed by atoms with Crippen molar-refractivity contribution >= 4 is 15.9 Å². The smallest absolute Gasteiger partial charge is 0.246 e. The molecule has 0 amide bonds. The minimum absolute atomic E-state index is 0.0596. The van der Waals surface area contributed by atoms with E-state index in [9.17, 15) is 8.78 Å². The van der Waals surface area contributed by atoms with E-state index in [1.54, 1.807) is 0 Å². The van der Waals surface area contributed by atoms with Crippen LogP contribution in [-0.4, -0.2) is 10.9 Å². The van der Waals surface area contributed by atoms with Crippen molar-refractivity contribution in [3.05, 3.63) is 28.0 Å². The van der Waals surface area contributed by atoms with E-state index < -0.39 is 5.92 Å². The number of hydrogen-bond acceptors (Lipinski definition) is 1. The third-order valence-electron chi connectivity index (χ3n) is 2.47. The summed E-state index contributed by atoms with van der Waals surface area (Å²) in [6.07, 6.45) is -0.119. The maximum absolute atomic E-state index is 12.6. The fourth-order valence-electron chi connectivity index (χ4n) is 1.73. The van der Waals surface area contributed by atoms with Gasteiger partial charge in [0.15, 0.2) is 0 Å². The fourth-order valence-corrected chi connectivity index (χ4v) is 2.30. The molecule has 0 aliphatic heterocycles. The first kappa shape index (κ1) is 10.0. The monoisotopic (exact) mass is 261 g/mol. The highest BCUT2D eigenvalue weighted by Gasteiger charge is 2.46. The number of halogens is 3. The van der Waals surface area contributed by atoms with Gasteiger partial charge in [-0.1, -0.05) is 0 Å². The molecular weight excluding hydrogens is 252 g/mol. The van der Waals surface area contributed by atoms with Gasteiger partial charge in [-0.2, -0.15) is 0 Å². The van der Waals surface area contributed by atoms with Crippen LogP contribution in [0.3, 0.4) is 0 Å². The standard InChI is InChI=1S/C10H10BrF2N/c1-6-2-8(14-9(11)3-6)7-4-10(12,13)5-7/h2-3,7H,4-5H2,1H3. The minimum Gasteiger partial charge on any atom is -0.246 e. The summed E-state index contributed by atoms with van der Waals surface area (Å²) >= 11 is 3.26. The predicted octanol–water partition coefficient (Wildman–Crippen LogP) is 3.67. The Balaban J connectivity index is 2.18. The van der Waals surface area contributed by atoms with Gasteiger partial charge in [-0.3, -0.25) is 0 Å². The van der Waals surface area contributed by atoms with Crippen molar-refractivity contribution < 1.29 is 8.78 Å². The molecule has 76 valence electrons. The maximum Gasteiger partial charge on any atom is 0.249 e. The van der Waals surface area contributed by atoms with Crippen LogP contribution in [0.25, 0.3) is 0 Å². The van der Waals surface area contributed by atoms with Crippen molar-refractivity contribution in [2.75, 3.05) is 0 Å². The molecule has 0 aromatic carbocycles. The Morgan fingerprint density at radius 2 is 2.07 bits per heavy atom. The molecule has 0 atom stereocenters. The Morgan fingerprint density at radius 1 is 1.43 bits per heavy atom. The van der Waals surface area contributed by atoms with E-state index >= 15 is 0 Å². The molecule has 0 spiro atoms. The SMILES string of the molecule is Cc1cc(Br)nc(C2CC(F)(F)C2)c1. The van der Waals surface area contributed by atoms with E-state index in [-0.39, 0.29) is 18.8 Å². The van der Waals surface area contributed by atoms with E-state index in [1.807, 2.05) is 19.1 Å². The third-order valence-corrected chi connectivity index (χ3v) is 2.87. The van der Waals surface area contributed by atoms with Crippen LogP contribution < -0.4 is 0 Å². The van der Waals surface area contributed by atoms with Crippen molar-refractivity contribution in [1.82, 2.24) is 4.98 Å². The first-order valence-electron chi connectivity index (χ1n) is 4.48. The number of hydrogen-bond donors (Lipinski definition) is 0. The maximum atomic E-state index is 12.6. The van der Waals surface area contributed by atoms with Gasteiger partial charge in [0.2, 0.25) is 5.92 Å². The molecule has 1 aromatic rings. The summed E-state index contributed by atoms with van der Waals surface area (Å²) in [5.41, 5.74) is 1.83. The molecule has 0 bridgehead atoms. The molecule has 1 heterocycles. The molecule has 0 unspecified atom stereocenters. The molecule has 1 aromatic heterocycles. The van der Waals surface area contributed by atoms with Gasteiger partial charge in [-0.15, -0.1) is 0 Å². The third kappa shape index (κ3) is 1.95. The highest BCUT2D eigenvalue weighted by Crippen LogP contribution is 2.47. The average Bonchev–Trinajstić information content (AvgIpc) is 1.97. The molecule has 14 heavy (non-hydrogen) atoms. The topological polar surface area (TPSA) is 12.9 Å². The van der Waals surface area contributed by atoms with Crippen LogP contribution in [0.5, 0.6) is 0 Å². The summed E-state index contributed by atoms with van der Waals surface area (Å²) in [5, 5.41) is 0. The van der Waals surface area contributed by atoms with Crippen molar-refractivity contribution in [2.45, 2.75) is 31.6 Å². The van der Waals surface area contributed by atoms with E-state index in [4.69, 9.17) is 0 Å². The van der Waals surface area contributed by atoms with Gasteiger partial charge in [-0.05, 0) is 40.5 Å². The predicted molar refractivity (Wildman–Crippen MR) is 53.6 cm³/mol. The lowest BCUT2D eigenvalue weighted by molar-refractivity contribution is -0.0876. The highest BCUT2D eigenvalue weighted by atomic mass is 79.9. The summed E-state index contributed by atoms with van der Waals surface area (Å²) < 4.78 is 26.0. The largest absolute Gasteiger partial charge is 0.249 e. The first-order valence-corrected chi connectivity index (χ1v) is 5.27. The van der Waals surface area contributed by atoms with Gasteiger partial charge in [0.1, 0.15) is 4.60 Å². The second-order valence-electron chi connectivity index (χ2n) is 3.85. The Hall–Kier alpha value is -0.510. The lowest BCUT2D eigenvalue weighted by atomic mass is 9.79. The number of aryl methyl sites for hydroxylation is 1. The second-order valence-corrected chi connectivity index (χ2v) is 4.67. The molecule has 1 aliphatic carbocycles. The second kappa shape index (κ2) is 3.26. The van der Waals surface area contributed by atoms with Crippen LogP contribution in [0, 0.1) is 6.92 Å². The number of pyridine rings is 1. The van der Waals surface area contributed by atoms with Crippen molar-refractivity contribution in [1.29, 1.82) is 0 Å². The number of nitrogens with zero attached hydrogens (tertiary/aromatic N) is 1. The Kier molecular flexibility index (Phi) is 2.33. The summed E-state index contributed by atoms with van der Waals surface area (Å²) in [6.45, 7) is 1.94. The molecule has 1 saturated carbocycles. The quantitative estimate of drug-likeness (QED) is 0.704. The summed E-state index contributed by atoms with van der Waals surface area (Å²) in [5.74, 6) is -2.54. The van der Waals surface area contributed by atoms with E-state index in [0.717, 1.165) is 15.9 Å². The van der Waals surface area contributed by atoms with Gasteiger partial charge in [0, 0.05) is 24.5 Å². The number of alkyl halides is 2. The van der Waals surface area contributed by atoms with Gasteiger partial charge in [0.05, 0.1) is 0 Å². The summed E-state index contributed by atoms with van der Waals surface area (Å²) in [4.78, 5) is 4.20. The zero-order valence-electron chi connectivity index (χ0n) is 7.73. The zero-order valence-corrected chi connectivity index (χ0v) is 9.31. The molecular formula is C10H10BrF2N. The van der Waals surface area contributed by atoms with Crippen LogP contribution >= 0.6 is 15.9 Å². The summed E-state index contributed by atoms with van der Waals surface area (Å²) in [6, 6.07) is 3.75. The van der Waals surface area contributed by atoms with Crippen LogP contribution in [-0.2, 0) is 0 Å². The lowest BCUT2D eigenvalue weighted by Crippen LogP contribution is -2.34. The molecule has 0 saturated heterocycles. The van der Waals surface area contributed by atoms with E-state index in [1.165, 1.54) is 0 Å². The molecule has 0 radical (unpaired) electrons. The van der Waals surface area contributed by atoms with Crippen LogP contribution in [0.1, 0.15) is 30.0 Å². The number of aromatic nitrogens is 1. The van der Waals surface area contributed by atoms with E-state index in [2.05, 4.69) is 20.9 Å². The Bertz CT molecular complexity index is 337. The van der Waals surface area contributed by atoms with Crippen LogP contribution in [0.4, 0.5) is 8.78 Å². The number of rotatable bonds is 1. The highest BCUT2D eigenvalue weighted by molar-refractivity contribution is 9.10. The molecule has 0 N–H and O–H groups in total. The Morgan fingerprint density at radius 3 is 2.57 bits per heavy atom. The van der Waals surface area contributed by atoms with Gasteiger partial charge < -0.3 is 0 Å². The van der Waals surface area contributed by atoms with Gasteiger partial charge >= 0.3 is 0 Å². The molecule has 2 rings (SSSR count). The molecule has 1 fully saturated rings. The summed E-state index contributed by atoms with van der Waals surface area (Å²) in [7, 11) is 0. The van der Waals surface area contributed by atoms with Crippen molar-refractivity contribution in [3.8, 4) is 0 Å². The van der Waals surface area contributed by atoms with Gasteiger partial charge in [-0.25, -0.2) is 13.8 Å². The Labute approximate surface area is 89.7 Å². The minimum atomic E-state index is -2.47. The lowest BCUT2D eigenvalue weighted by Gasteiger charge is -2.34. The molecule has 1 nitrogen and oxygen atoms in total. The molecule has 1 aliphatic rings. The van der Waals surface area contributed by atoms with Gasteiger partial charge in [0.25, 0.3) is 0 Å². The normalized spacial score (nSPS) is 20.6. The zero-order chi connectivity index (χ0) is 10.3. The van der Waals surface area contributed by atoms with Crippen molar-refractivity contribution in [2.24, 2.45) is 0 Å². The fraction of sp³-hybridized carbons (Fsp3) is 0.500. The van der Waals surface area contributed by atoms with Crippen molar-refractivity contribution in [3.63, 3.8) is 0 Å².